The zero-order valence-electron chi connectivity index (χ0n) is 17.5. The average Bonchev–Trinajstić information content (AvgIpc) is 3.10. The molecule has 3 rings (SSSR count). The number of aliphatic hydroxyl groups excluding tert-OH is 2. The third-order valence-corrected chi connectivity index (χ3v) is 10.7. The van der Waals surface area contributed by atoms with Crippen molar-refractivity contribution in [2.24, 2.45) is 0 Å². The smallest absolute Gasteiger partial charge is 0.261 e. The normalized spacial score (nSPS) is 23.7. The molecule has 1 aliphatic heterocycles. The highest BCUT2D eigenvalue weighted by atomic mass is 28.4. The molecule has 2 N–H and O–H groups in total. The van der Waals surface area contributed by atoms with E-state index in [4.69, 9.17) is 9.16 Å². The van der Waals surface area contributed by atoms with Crippen LogP contribution in [0.25, 0.3) is 0 Å². The number of ether oxygens (including phenoxy) is 1. The van der Waals surface area contributed by atoms with Crippen molar-refractivity contribution < 1.29 is 19.4 Å². The van der Waals surface area contributed by atoms with Crippen molar-refractivity contribution in [1.29, 1.82) is 0 Å². The maximum absolute atomic E-state index is 10.8. The number of hydrogen-bond acceptors (Lipinski definition) is 4. The zero-order chi connectivity index (χ0) is 21.1. The summed E-state index contributed by atoms with van der Waals surface area (Å²) in [6, 6.07) is 20.7. The van der Waals surface area contributed by atoms with Gasteiger partial charge in [-0.1, -0.05) is 87.5 Å². The van der Waals surface area contributed by atoms with Crippen molar-refractivity contribution in [2.45, 2.75) is 56.6 Å². The molecule has 2 aromatic rings. The Kier molecular flexibility index (Phi) is 6.76. The summed E-state index contributed by atoms with van der Waals surface area (Å²) >= 11 is 0. The van der Waals surface area contributed by atoms with Crippen LogP contribution in [0.15, 0.2) is 73.3 Å². The molecule has 29 heavy (non-hydrogen) atoms. The molecule has 0 spiro atoms. The van der Waals surface area contributed by atoms with Crippen LogP contribution >= 0.6 is 0 Å². The Morgan fingerprint density at radius 3 is 2.03 bits per heavy atom. The molecular formula is C24H32O4Si. The van der Waals surface area contributed by atoms with E-state index >= 15 is 0 Å². The molecule has 0 radical (unpaired) electrons. The van der Waals surface area contributed by atoms with Crippen molar-refractivity contribution in [2.75, 3.05) is 6.61 Å². The fraction of sp³-hybridized carbons (Fsp3) is 0.417. The summed E-state index contributed by atoms with van der Waals surface area (Å²) in [5.41, 5.74) is 0. The first-order valence-corrected chi connectivity index (χ1v) is 12.1. The first-order valence-electron chi connectivity index (χ1n) is 10.2. The lowest BCUT2D eigenvalue weighted by molar-refractivity contribution is -0.0439. The largest absolute Gasteiger partial charge is 0.405 e. The van der Waals surface area contributed by atoms with Crippen LogP contribution in [0.5, 0.6) is 0 Å². The molecule has 1 fully saturated rings. The molecule has 4 nitrogen and oxygen atoms in total. The van der Waals surface area contributed by atoms with Crippen molar-refractivity contribution in [3.05, 3.63) is 73.3 Å². The first kappa shape index (κ1) is 21.9. The van der Waals surface area contributed by atoms with Gasteiger partial charge in [-0.2, -0.15) is 0 Å². The van der Waals surface area contributed by atoms with E-state index in [2.05, 4.69) is 51.6 Å². The van der Waals surface area contributed by atoms with Crippen molar-refractivity contribution in [1.82, 2.24) is 0 Å². The molecule has 0 amide bonds. The van der Waals surface area contributed by atoms with Gasteiger partial charge in [0.1, 0.15) is 12.2 Å². The monoisotopic (exact) mass is 412 g/mol. The van der Waals surface area contributed by atoms with Crippen LogP contribution < -0.4 is 10.4 Å². The standard InChI is InChI=1S/C24H32O4Si/c1-5-22-20(25)16-23(28-22)21(26)17-27-29(24(2,3)4,18-12-8-6-9-13-18)19-14-10-7-11-15-19/h5-15,20-23,25-26H,1,16-17H2,2-4H3/t20-,21-,22+,23+/m1/s1. The van der Waals surface area contributed by atoms with E-state index in [1.165, 1.54) is 10.4 Å². The predicted octanol–water partition coefficient (Wildman–Crippen LogP) is 2.63. The Balaban J connectivity index is 1.93. The predicted molar refractivity (Wildman–Crippen MR) is 119 cm³/mol. The molecule has 1 aliphatic rings. The topological polar surface area (TPSA) is 58.9 Å². The number of rotatable bonds is 7. The Bertz CT molecular complexity index is 748. The van der Waals surface area contributed by atoms with Gasteiger partial charge in [-0.15, -0.1) is 6.58 Å². The van der Waals surface area contributed by atoms with Crippen molar-refractivity contribution in [3.63, 3.8) is 0 Å². The van der Waals surface area contributed by atoms with Gasteiger partial charge in [-0.05, 0) is 15.4 Å². The number of benzene rings is 2. The van der Waals surface area contributed by atoms with Gasteiger partial charge in [0.15, 0.2) is 0 Å². The van der Waals surface area contributed by atoms with Gasteiger partial charge in [-0.3, -0.25) is 0 Å². The Hall–Kier alpha value is -1.76. The van der Waals surface area contributed by atoms with Crippen LogP contribution in [0.1, 0.15) is 27.2 Å². The van der Waals surface area contributed by atoms with E-state index in [1.807, 2.05) is 36.4 Å². The average molecular weight is 413 g/mol. The summed E-state index contributed by atoms with van der Waals surface area (Å²) in [6.45, 7) is 10.5. The van der Waals surface area contributed by atoms with Crippen LogP contribution in [0, 0.1) is 0 Å². The van der Waals surface area contributed by atoms with Crippen molar-refractivity contribution >= 4 is 18.7 Å². The van der Waals surface area contributed by atoms with Crippen molar-refractivity contribution in [3.8, 4) is 0 Å². The maximum atomic E-state index is 10.8. The quantitative estimate of drug-likeness (QED) is 0.542. The molecule has 0 aromatic heterocycles. The second-order valence-corrected chi connectivity index (χ2v) is 13.0. The van der Waals surface area contributed by atoms with E-state index in [0.29, 0.717) is 6.42 Å². The van der Waals surface area contributed by atoms with Crippen LogP contribution in [0.2, 0.25) is 5.04 Å². The lowest BCUT2D eigenvalue weighted by Crippen LogP contribution is -2.67. The van der Waals surface area contributed by atoms with Gasteiger partial charge in [0.2, 0.25) is 0 Å². The summed E-state index contributed by atoms with van der Waals surface area (Å²) in [7, 11) is -2.70. The summed E-state index contributed by atoms with van der Waals surface area (Å²) in [5.74, 6) is 0. The summed E-state index contributed by atoms with van der Waals surface area (Å²) in [6.07, 6.45) is -0.410. The summed E-state index contributed by atoms with van der Waals surface area (Å²) in [4.78, 5) is 0. The maximum Gasteiger partial charge on any atom is 0.261 e. The van der Waals surface area contributed by atoms with E-state index in [0.717, 1.165) is 0 Å². The van der Waals surface area contributed by atoms with Gasteiger partial charge in [-0.25, -0.2) is 0 Å². The Morgan fingerprint density at radius 2 is 1.62 bits per heavy atom. The molecule has 4 atom stereocenters. The Morgan fingerprint density at radius 1 is 1.10 bits per heavy atom. The SMILES string of the molecule is C=C[C@@H]1O[C@H]([C@H](O)CO[Si](c2ccccc2)(c2ccccc2)C(C)(C)C)C[C@H]1O. The van der Waals surface area contributed by atoms with Crippen LogP contribution in [0.4, 0.5) is 0 Å². The molecule has 0 saturated carbocycles. The molecule has 156 valence electrons. The van der Waals surface area contributed by atoms with E-state index < -0.39 is 32.7 Å². The first-order chi connectivity index (χ1) is 13.8. The fourth-order valence-corrected chi connectivity index (χ4v) is 8.84. The van der Waals surface area contributed by atoms with Gasteiger partial charge >= 0.3 is 0 Å². The van der Waals surface area contributed by atoms with Crippen LogP contribution in [-0.2, 0) is 9.16 Å². The second kappa shape index (κ2) is 8.94. The number of hydrogen-bond donors (Lipinski definition) is 2. The highest BCUT2D eigenvalue weighted by Gasteiger charge is 2.50. The van der Waals surface area contributed by atoms with E-state index in [-0.39, 0.29) is 11.6 Å². The molecule has 0 aliphatic carbocycles. The minimum atomic E-state index is -2.70. The van der Waals surface area contributed by atoms with Gasteiger partial charge in [0.25, 0.3) is 8.32 Å². The minimum absolute atomic E-state index is 0.147. The Labute approximate surface area is 174 Å². The third kappa shape index (κ3) is 4.39. The van der Waals surface area contributed by atoms with Gasteiger partial charge in [0, 0.05) is 6.42 Å². The summed E-state index contributed by atoms with van der Waals surface area (Å²) < 4.78 is 12.5. The van der Waals surface area contributed by atoms with E-state index in [1.54, 1.807) is 6.08 Å². The molecule has 1 saturated heterocycles. The lowest BCUT2D eigenvalue weighted by atomic mass is 10.1. The summed E-state index contributed by atoms with van der Waals surface area (Å²) in [5, 5.41) is 23.1. The highest BCUT2D eigenvalue weighted by Crippen LogP contribution is 2.37. The molecule has 1 heterocycles. The van der Waals surface area contributed by atoms with Crippen LogP contribution in [0.3, 0.4) is 0 Å². The van der Waals surface area contributed by atoms with E-state index in [9.17, 15) is 10.2 Å². The minimum Gasteiger partial charge on any atom is -0.405 e. The second-order valence-electron chi connectivity index (χ2n) is 8.72. The molecule has 0 bridgehead atoms. The molecular weight excluding hydrogens is 380 g/mol. The highest BCUT2D eigenvalue weighted by molar-refractivity contribution is 6.99. The van der Waals surface area contributed by atoms with Gasteiger partial charge < -0.3 is 19.4 Å². The zero-order valence-corrected chi connectivity index (χ0v) is 18.5. The molecule has 2 aromatic carbocycles. The molecule has 0 unspecified atom stereocenters. The fourth-order valence-electron chi connectivity index (χ4n) is 4.26. The number of aliphatic hydroxyl groups is 2. The third-order valence-electron chi connectivity index (χ3n) is 5.73. The van der Waals surface area contributed by atoms with Gasteiger partial charge in [0.05, 0.1) is 18.8 Å². The van der Waals surface area contributed by atoms with Crippen LogP contribution in [-0.4, -0.2) is 49.6 Å². The molecule has 5 heteroatoms. The lowest BCUT2D eigenvalue weighted by Gasteiger charge is -2.43.